The number of hydrogen-bond donors (Lipinski definition) is 0. The molecule has 3 nitrogen and oxygen atoms in total. The number of imidazole rings is 1. The van der Waals surface area contributed by atoms with E-state index in [1.54, 1.807) is 7.11 Å². The second-order valence-corrected chi connectivity index (χ2v) is 8.40. The first-order valence-electron chi connectivity index (χ1n) is 10.7. The largest absolute Gasteiger partial charge is 0.497 e. The highest BCUT2D eigenvalue weighted by molar-refractivity contribution is 5.73. The maximum atomic E-state index is 6.27. The highest BCUT2D eigenvalue weighted by Crippen LogP contribution is 2.51. The third-order valence-corrected chi connectivity index (χ3v) is 6.82. The molecular weight excluding hydrogens is 368 g/mol. The number of nitrogens with zero attached hydrogens (tertiary/aromatic N) is 2. The van der Waals surface area contributed by atoms with Gasteiger partial charge in [0.15, 0.2) is 0 Å². The van der Waals surface area contributed by atoms with E-state index in [0.29, 0.717) is 5.92 Å². The molecule has 0 spiro atoms. The fourth-order valence-electron chi connectivity index (χ4n) is 5.20. The zero-order chi connectivity index (χ0) is 20.6. The number of allylic oxidation sites excluding steroid dienone is 1. The van der Waals surface area contributed by atoms with Crippen molar-refractivity contribution >= 4 is 6.08 Å². The minimum Gasteiger partial charge on any atom is -0.497 e. The summed E-state index contributed by atoms with van der Waals surface area (Å²) in [4.78, 5) is 4.76. The molecule has 0 saturated heterocycles. The number of methoxy groups -OCH3 is 1. The molecule has 2 atom stereocenters. The van der Waals surface area contributed by atoms with Crippen LogP contribution in [0.5, 0.6) is 5.75 Å². The van der Waals surface area contributed by atoms with Crippen LogP contribution in [0.3, 0.4) is 0 Å². The van der Waals surface area contributed by atoms with E-state index in [1.807, 2.05) is 24.5 Å². The first-order chi connectivity index (χ1) is 14.7. The predicted octanol–water partition coefficient (Wildman–Crippen LogP) is 5.62. The molecule has 2 aliphatic rings. The molecule has 0 radical (unpaired) electrons. The first-order valence-corrected chi connectivity index (χ1v) is 10.7. The second-order valence-electron chi connectivity index (χ2n) is 8.40. The van der Waals surface area contributed by atoms with E-state index in [0.717, 1.165) is 42.8 Å². The summed E-state index contributed by atoms with van der Waals surface area (Å²) in [5.41, 5.74) is 5.87. The Morgan fingerprint density at radius 1 is 1.17 bits per heavy atom. The topological polar surface area (TPSA) is 27.1 Å². The minimum absolute atomic E-state index is 0.236. The van der Waals surface area contributed by atoms with Crippen molar-refractivity contribution in [1.29, 1.82) is 0 Å². The van der Waals surface area contributed by atoms with Crippen LogP contribution in [0.15, 0.2) is 66.5 Å². The molecule has 0 unspecified atom stereocenters. The Labute approximate surface area is 178 Å². The molecule has 1 saturated carbocycles. The quantitative estimate of drug-likeness (QED) is 0.537. The standard InChI is InChI=1S/C27H26N2O/c1-3-27-18-29-19-28-26(21-8-5-4-6-9-21)25(29)17-23(27)11-7-10-22(27)16-20-12-14-24(30-2)15-13-20/h1,4-6,8-9,12-15,17,19,22H,7,10-11,16,18H2,2H3/t22-,27-/m1/s1. The Bertz CT molecular complexity index is 1120. The molecule has 2 heterocycles. The van der Waals surface area contributed by atoms with Crippen LogP contribution in [0.4, 0.5) is 0 Å². The smallest absolute Gasteiger partial charge is 0.118 e. The number of terminal acetylenes is 1. The number of aromatic nitrogens is 2. The van der Waals surface area contributed by atoms with Crippen LogP contribution < -0.4 is 4.74 Å². The maximum Gasteiger partial charge on any atom is 0.118 e. The molecule has 0 bridgehead atoms. The molecule has 150 valence electrons. The second kappa shape index (κ2) is 7.54. The molecule has 30 heavy (non-hydrogen) atoms. The Kier molecular flexibility index (Phi) is 4.71. The summed E-state index contributed by atoms with van der Waals surface area (Å²) < 4.78 is 7.57. The van der Waals surface area contributed by atoms with Crippen molar-refractivity contribution in [2.45, 2.75) is 32.2 Å². The summed E-state index contributed by atoms with van der Waals surface area (Å²) in [6, 6.07) is 18.8. The van der Waals surface area contributed by atoms with E-state index < -0.39 is 0 Å². The van der Waals surface area contributed by atoms with Crippen molar-refractivity contribution < 1.29 is 4.74 Å². The summed E-state index contributed by atoms with van der Waals surface area (Å²) in [6.07, 6.45) is 15.0. The fraction of sp³-hybridized carbons (Fsp3) is 0.296. The maximum absolute atomic E-state index is 6.27. The van der Waals surface area contributed by atoms with Crippen LogP contribution in [-0.4, -0.2) is 16.7 Å². The molecule has 1 aromatic heterocycles. The number of ether oxygens (including phenoxy) is 1. The molecule has 2 aromatic carbocycles. The van der Waals surface area contributed by atoms with Crippen LogP contribution in [0.2, 0.25) is 0 Å². The van der Waals surface area contributed by atoms with Crippen molar-refractivity contribution in [3.8, 4) is 29.4 Å². The van der Waals surface area contributed by atoms with Crippen molar-refractivity contribution in [3.63, 3.8) is 0 Å². The minimum atomic E-state index is -0.236. The van der Waals surface area contributed by atoms with E-state index in [9.17, 15) is 0 Å². The average Bonchev–Trinajstić information content (AvgIpc) is 3.21. The van der Waals surface area contributed by atoms with E-state index in [-0.39, 0.29) is 5.41 Å². The molecular formula is C27H26N2O. The fourth-order valence-corrected chi connectivity index (χ4v) is 5.20. The van der Waals surface area contributed by atoms with Crippen LogP contribution in [0.1, 0.15) is 30.5 Å². The van der Waals surface area contributed by atoms with Gasteiger partial charge in [-0.15, -0.1) is 6.42 Å². The Balaban J connectivity index is 1.50. The van der Waals surface area contributed by atoms with E-state index in [1.165, 1.54) is 23.3 Å². The van der Waals surface area contributed by atoms with Gasteiger partial charge in [0.05, 0.1) is 30.2 Å². The van der Waals surface area contributed by atoms with Gasteiger partial charge in [-0.05, 0) is 60.9 Å². The molecule has 1 fully saturated rings. The summed E-state index contributed by atoms with van der Waals surface area (Å²) in [5.74, 6) is 4.58. The molecule has 5 rings (SSSR count). The van der Waals surface area contributed by atoms with Gasteiger partial charge in [0.2, 0.25) is 0 Å². The third-order valence-electron chi connectivity index (χ3n) is 6.82. The van der Waals surface area contributed by atoms with Gasteiger partial charge >= 0.3 is 0 Å². The first kappa shape index (κ1) is 18.8. The number of fused-ring (bicyclic) bond motifs is 2. The monoisotopic (exact) mass is 394 g/mol. The SMILES string of the molecule is C#C[C@]12Cn3cnc(-c4ccccc4)c3C=C1CCC[C@@H]2Cc1ccc(OC)cc1. The normalized spacial score (nSPS) is 22.4. The van der Waals surface area contributed by atoms with Gasteiger partial charge in [-0.25, -0.2) is 4.98 Å². The lowest BCUT2D eigenvalue weighted by molar-refractivity contribution is 0.196. The number of hydrogen-bond acceptors (Lipinski definition) is 2. The summed E-state index contributed by atoms with van der Waals surface area (Å²) in [5, 5.41) is 0. The zero-order valence-electron chi connectivity index (χ0n) is 17.3. The molecule has 1 aliphatic heterocycles. The average molecular weight is 395 g/mol. The third kappa shape index (κ3) is 3.04. The van der Waals surface area contributed by atoms with E-state index in [2.05, 4.69) is 53.0 Å². The number of rotatable bonds is 4. The van der Waals surface area contributed by atoms with Gasteiger partial charge in [0, 0.05) is 12.1 Å². The van der Waals surface area contributed by atoms with Crippen molar-refractivity contribution in [3.05, 3.63) is 77.8 Å². The summed E-state index contributed by atoms with van der Waals surface area (Å²) in [6.45, 7) is 0.811. The van der Waals surface area contributed by atoms with Crippen molar-refractivity contribution in [1.82, 2.24) is 9.55 Å². The van der Waals surface area contributed by atoms with Crippen LogP contribution >= 0.6 is 0 Å². The Morgan fingerprint density at radius 3 is 2.70 bits per heavy atom. The van der Waals surface area contributed by atoms with Gasteiger partial charge in [0.25, 0.3) is 0 Å². The van der Waals surface area contributed by atoms with Crippen molar-refractivity contribution in [2.24, 2.45) is 11.3 Å². The van der Waals surface area contributed by atoms with E-state index in [4.69, 9.17) is 16.1 Å². The predicted molar refractivity (Wildman–Crippen MR) is 121 cm³/mol. The summed E-state index contributed by atoms with van der Waals surface area (Å²) >= 11 is 0. The highest BCUT2D eigenvalue weighted by Gasteiger charge is 2.45. The zero-order valence-corrected chi connectivity index (χ0v) is 17.3. The number of benzene rings is 2. The van der Waals surface area contributed by atoms with Gasteiger partial charge in [-0.2, -0.15) is 0 Å². The lowest BCUT2D eigenvalue weighted by atomic mass is 9.60. The van der Waals surface area contributed by atoms with Gasteiger partial charge in [-0.1, -0.05) is 48.4 Å². The van der Waals surface area contributed by atoms with Crippen LogP contribution in [0, 0.1) is 23.7 Å². The lowest BCUT2D eigenvalue weighted by Crippen LogP contribution is -2.41. The van der Waals surface area contributed by atoms with Crippen LogP contribution in [0.25, 0.3) is 17.3 Å². The van der Waals surface area contributed by atoms with Crippen molar-refractivity contribution in [2.75, 3.05) is 7.11 Å². The van der Waals surface area contributed by atoms with Gasteiger partial charge in [-0.3, -0.25) is 0 Å². The molecule has 0 N–H and O–H groups in total. The van der Waals surface area contributed by atoms with E-state index >= 15 is 0 Å². The lowest BCUT2D eigenvalue weighted by Gasteiger charge is -2.45. The van der Waals surface area contributed by atoms with Gasteiger partial charge in [0.1, 0.15) is 5.75 Å². The highest BCUT2D eigenvalue weighted by atomic mass is 16.5. The molecule has 3 heteroatoms. The molecule has 3 aromatic rings. The molecule has 1 aliphatic carbocycles. The molecule has 0 amide bonds. The van der Waals surface area contributed by atoms with Gasteiger partial charge < -0.3 is 9.30 Å². The van der Waals surface area contributed by atoms with Crippen LogP contribution in [-0.2, 0) is 13.0 Å². The Morgan fingerprint density at radius 2 is 1.97 bits per heavy atom. The summed E-state index contributed by atoms with van der Waals surface area (Å²) in [7, 11) is 1.70. The Hall–Kier alpha value is -3.25.